The molecule has 3 aromatic rings. The summed E-state index contributed by atoms with van der Waals surface area (Å²) in [5.74, 6) is -0.621. The van der Waals surface area contributed by atoms with Crippen molar-refractivity contribution < 1.29 is 18.7 Å². The lowest BCUT2D eigenvalue weighted by Crippen LogP contribution is -2.49. The van der Waals surface area contributed by atoms with Gasteiger partial charge in [0.15, 0.2) is 0 Å². The number of rotatable bonds is 7. The van der Waals surface area contributed by atoms with E-state index in [1.165, 1.54) is 23.4 Å². The predicted molar refractivity (Wildman–Crippen MR) is 135 cm³/mol. The number of ether oxygens (including phenoxy) is 2. The lowest BCUT2D eigenvalue weighted by Gasteiger charge is -2.40. The molecule has 1 fully saturated rings. The first-order valence-electron chi connectivity index (χ1n) is 11.7. The fourth-order valence-electron chi connectivity index (χ4n) is 4.71. The van der Waals surface area contributed by atoms with Crippen LogP contribution < -0.4 is 0 Å². The van der Waals surface area contributed by atoms with Crippen LogP contribution in [-0.4, -0.2) is 40.1 Å². The molecule has 2 aromatic carbocycles. The average Bonchev–Trinajstić information content (AvgIpc) is 3.47. The Hall–Kier alpha value is -2.84. The van der Waals surface area contributed by atoms with E-state index in [0.29, 0.717) is 53.1 Å². The van der Waals surface area contributed by atoms with E-state index in [1.807, 2.05) is 6.92 Å². The van der Waals surface area contributed by atoms with Crippen LogP contribution in [0.25, 0.3) is 5.57 Å². The highest BCUT2D eigenvalue weighted by molar-refractivity contribution is 6.30. The van der Waals surface area contributed by atoms with E-state index in [-0.39, 0.29) is 23.8 Å². The molecule has 0 N–H and O–H groups in total. The van der Waals surface area contributed by atoms with Crippen LogP contribution >= 0.6 is 23.2 Å². The number of amides is 1. The molecular formula is C27H24Cl2FN3O3. The summed E-state index contributed by atoms with van der Waals surface area (Å²) in [6.07, 6.45) is 3.77. The fourth-order valence-corrected chi connectivity index (χ4v) is 4.93. The van der Waals surface area contributed by atoms with Crippen molar-refractivity contribution >= 4 is 34.7 Å². The Bertz CT molecular complexity index is 1310. The van der Waals surface area contributed by atoms with Crippen molar-refractivity contribution in [3.63, 3.8) is 0 Å². The lowest BCUT2D eigenvalue weighted by atomic mass is 9.90. The summed E-state index contributed by atoms with van der Waals surface area (Å²) in [4.78, 5) is 24.1. The van der Waals surface area contributed by atoms with Gasteiger partial charge in [-0.3, -0.25) is 9.69 Å². The molecule has 2 aliphatic rings. The first-order valence-corrected chi connectivity index (χ1v) is 12.4. The number of benzene rings is 2. The van der Waals surface area contributed by atoms with Crippen molar-refractivity contribution in [1.29, 1.82) is 0 Å². The predicted octanol–water partition coefficient (Wildman–Crippen LogP) is 6.01. The second kappa shape index (κ2) is 9.90. The smallest absolute Gasteiger partial charge is 0.257 e. The summed E-state index contributed by atoms with van der Waals surface area (Å²) in [5.41, 5.74) is 0.618. The molecule has 5 rings (SSSR count). The molecule has 0 unspecified atom stereocenters. The van der Waals surface area contributed by atoms with E-state index in [2.05, 4.69) is 16.5 Å². The number of hydrogen-bond donors (Lipinski definition) is 0. The van der Waals surface area contributed by atoms with Crippen molar-refractivity contribution in [2.45, 2.75) is 38.1 Å². The molecule has 0 saturated carbocycles. The molecule has 0 bridgehead atoms. The number of nitrogens with zero attached hydrogens (tertiary/aromatic N) is 3. The lowest BCUT2D eigenvalue weighted by molar-refractivity contribution is -0.149. The fraction of sp³-hybridized carbons (Fsp3) is 0.296. The highest BCUT2D eigenvalue weighted by Crippen LogP contribution is 2.49. The highest BCUT2D eigenvalue weighted by Gasteiger charge is 2.55. The first kappa shape index (κ1) is 24.8. The van der Waals surface area contributed by atoms with Crippen LogP contribution in [0.5, 0.6) is 0 Å². The zero-order chi connectivity index (χ0) is 25.4. The molecule has 1 saturated heterocycles. The molecule has 2 atom stereocenters. The van der Waals surface area contributed by atoms with Crippen molar-refractivity contribution in [2.75, 3.05) is 13.2 Å². The summed E-state index contributed by atoms with van der Waals surface area (Å²) >= 11 is 12.2. The van der Waals surface area contributed by atoms with E-state index in [9.17, 15) is 4.79 Å². The van der Waals surface area contributed by atoms with Crippen molar-refractivity contribution in [2.24, 2.45) is 0 Å². The second-order valence-corrected chi connectivity index (χ2v) is 9.67. The van der Waals surface area contributed by atoms with Gasteiger partial charge in [-0.2, -0.15) is 0 Å². The van der Waals surface area contributed by atoms with Gasteiger partial charge in [-0.1, -0.05) is 48.8 Å². The Balaban J connectivity index is 1.75. The SMILES string of the molecule is C=C(CC)c1cc(F)c2c(c1)C(=O)N(Cc1ncc(Cl)cn1)[C@@]2(O[C@H]1CCOC1)c1ccc(Cl)cc1. The van der Waals surface area contributed by atoms with Crippen LogP contribution in [-0.2, 0) is 21.7 Å². The van der Waals surface area contributed by atoms with Crippen molar-refractivity contribution in [3.05, 3.63) is 99.3 Å². The van der Waals surface area contributed by atoms with Gasteiger partial charge in [0.25, 0.3) is 5.91 Å². The number of allylic oxidation sites excluding steroid dienone is 1. The molecule has 36 heavy (non-hydrogen) atoms. The quantitative estimate of drug-likeness (QED) is 0.376. The number of carbonyl (C=O) groups is 1. The monoisotopic (exact) mass is 527 g/mol. The number of halogens is 3. The third kappa shape index (κ3) is 4.30. The molecule has 1 aromatic heterocycles. The number of carbonyl (C=O) groups excluding carboxylic acids is 1. The van der Waals surface area contributed by atoms with Crippen LogP contribution in [0, 0.1) is 5.82 Å². The minimum atomic E-state index is -1.59. The molecular weight excluding hydrogens is 504 g/mol. The summed E-state index contributed by atoms with van der Waals surface area (Å²) in [6, 6.07) is 9.98. The van der Waals surface area contributed by atoms with Gasteiger partial charge in [0.1, 0.15) is 11.6 Å². The topological polar surface area (TPSA) is 64.6 Å². The largest absolute Gasteiger partial charge is 0.379 e. The molecule has 9 heteroatoms. The summed E-state index contributed by atoms with van der Waals surface area (Å²) < 4.78 is 28.4. The van der Waals surface area contributed by atoms with Gasteiger partial charge in [0, 0.05) is 29.6 Å². The van der Waals surface area contributed by atoms with Gasteiger partial charge in [-0.25, -0.2) is 14.4 Å². The molecule has 0 radical (unpaired) electrons. The summed E-state index contributed by atoms with van der Waals surface area (Å²) in [6.45, 7) is 6.77. The number of aromatic nitrogens is 2. The van der Waals surface area contributed by atoms with Crippen LogP contribution in [0.3, 0.4) is 0 Å². The minimum absolute atomic E-state index is 0.0373. The second-order valence-electron chi connectivity index (χ2n) is 8.80. The van der Waals surface area contributed by atoms with Crippen molar-refractivity contribution in [3.8, 4) is 0 Å². The Morgan fingerprint density at radius 2 is 1.94 bits per heavy atom. The van der Waals surface area contributed by atoms with Gasteiger partial charge in [0.2, 0.25) is 5.72 Å². The Morgan fingerprint density at radius 1 is 1.22 bits per heavy atom. The van der Waals surface area contributed by atoms with Gasteiger partial charge in [0.05, 0.1) is 35.4 Å². The minimum Gasteiger partial charge on any atom is -0.379 e. The number of fused-ring (bicyclic) bond motifs is 1. The molecule has 0 spiro atoms. The maximum Gasteiger partial charge on any atom is 0.257 e. The van der Waals surface area contributed by atoms with Gasteiger partial charge < -0.3 is 9.47 Å². The van der Waals surface area contributed by atoms with Crippen LogP contribution in [0.1, 0.15) is 52.6 Å². The van der Waals surface area contributed by atoms with E-state index in [4.69, 9.17) is 32.7 Å². The van der Waals surface area contributed by atoms with E-state index < -0.39 is 17.4 Å². The van der Waals surface area contributed by atoms with E-state index >= 15 is 4.39 Å². The molecule has 3 heterocycles. The average molecular weight is 528 g/mol. The normalized spacial score (nSPS) is 21.2. The van der Waals surface area contributed by atoms with Crippen LogP contribution in [0.2, 0.25) is 10.0 Å². The van der Waals surface area contributed by atoms with Crippen LogP contribution in [0.4, 0.5) is 4.39 Å². The van der Waals surface area contributed by atoms with Crippen molar-refractivity contribution in [1.82, 2.24) is 14.9 Å². The van der Waals surface area contributed by atoms with Gasteiger partial charge in [-0.15, -0.1) is 0 Å². The highest BCUT2D eigenvalue weighted by atomic mass is 35.5. The maximum atomic E-state index is 16.1. The summed E-state index contributed by atoms with van der Waals surface area (Å²) in [7, 11) is 0. The first-order chi connectivity index (χ1) is 17.3. The maximum absolute atomic E-state index is 16.1. The zero-order valence-electron chi connectivity index (χ0n) is 19.6. The Labute approximate surface area is 218 Å². The molecule has 6 nitrogen and oxygen atoms in total. The molecule has 1 amide bonds. The van der Waals surface area contributed by atoms with E-state index in [0.717, 1.165) is 5.57 Å². The summed E-state index contributed by atoms with van der Waals surface area (Å²) in [5, 5.41) is 0.872. The Kier molecular flexibility index (Phi) is 6.83. The third-order valence-electron chi connectivity index (χ3n) is 6.55. The third-order valence-corrected chi connectivity index (χ3v) is 7.00. The Morgan fingerprint density at radius 3 is 2.58 bits per heavy atom. The zero-order valence-corrected chi connectivity index (χ0v) is 21.2. The molecule has 186 valence electrons. The molecule has 2 aliphatic heterocycles. The van der Waals surface area contributed by atoms with Crippen LogP contribution in [0.15, 0.2) is 55.4 Å². The van der Waals surface area contributed by atoms with Gasteiger partial charge >= 0.3 is 0 Å². The number of hydrogen-bond acceptors (Lipinski definition) is 5. The standard InChI is InChI=1S/C27H24Cl2FN3O3/c1-3-16(2)17-10-22-25(23(30)11-17)27(36-21-8-9-35-15-21,18-4-6-19(28)7-5-18)33(26(22)34)14-24-31-12-20(29)13-32-24/h4-7,10-13,21H,2-3,8-9,14-15H2,1H3/t21-,27+/m0/s1. The van der Waals surface area contributed by atoms with Gasteiger partial charge in [-0.05, 0) is 48.2 Å². The molecule has 0 aliphatic carbocycles. The van der Waals surface area contributed by atoms with E-state index in [1.54, 1.807) is 30.3 Å².